The van der Waals surface area contributed by atoms with Crippen LogP contribution in [0.4, 0.5) is 5.82 Å². The molecule has 0 bridgehead atoms. The minimum absolute atomic E-state index is 0.627. The molecule has 1 aromatic carbocycles. The van der Waals surface area contributed by atoms with Crippen LogP contribution in [0.25, 0.3) is 22.6 Å². The van der Waals surface area contributed by atoms with Crippen LogP contribution < -0.4 is 15.8 Å². The molecule has 0 spiro atoms. The predicted octanol–water partition coefficient (Wildman–Crippen LogP) is 3.73. The van der Waals surface area contributed by atoms with Crippen molar-refractivity contribution in [2.45, 2.75) is 13.0 Å². The van der Waals surface area contributed by atoms with Gasteiger partial charge in [0.25, 0.3) is 0 Å². The van der Waals surface area contributed by atoms with Crippen LogP contribution in [0.5, 0.6) is 5.75 Å². The zero-order chi connectivity index (χ0) is 25.3. The lowest BCUT2D eigenvalue weighted by Crippen LogP contribution is -2.15. The summed E-state index contributed by atoms with van der Waals surface area (Å²) in [6, 6.07) is 14.0. The number of aliphatic imine (C=N–C) groups is 1. The zero-order valence-electron chi connectivity index (χ0n) is 20.9. The van der Waals surface area contributed by atoms with Crippen molar-refractivity contribution in [1.82, 2.24) is 24.3 Å². The predicted molar refractivity (Wildman–Crippen MR) is 145 cm³/mol. The zero-order valence-corrected chi connectivity index (χ0v) is 20.9. The third-order valence-corrected chi connectivity index (χ3v) is 5.64. The summed E-state index contributed by atoms with van der Waals surface area (Å²) in [5.74, 6) is 1.55. The second-order valence-corrected chi connectivity index (χ2v) is 8.59. The molecule has 0 aliphatic heterocycles. The molecule has 0 saturated carbocycles. The topological polar surface area (TPSA) is 106 Å². The fourth-order valence-corrected chi connectivity index (χ4v) is 3.77. The molecule has 0 radical (unpaired) electrons. The molecule has 9 heteroatoms. The van der Waals surface area contributed by atoms with E-state index in [4.69, 9.17) is 10.5 Å². The first kappa shape index (κ1) is 24.9. The monoisotopic (exact) mass is 484 g/mol. The van der Waals surface area contributed by atoms with Gasteiger partial charge in [-0.1, -0.05) is 24.3 Å². The van der Waals surface area contributed by atoms with Gasteiger partial charge in [-0.15, -0.1) is 0 Å². The van der Waals surface area contributed by atoms with E-state index < -0.39 is 0 Å². The molecule has 0 amide bonds. The van der Waals surface area contributed by atoms with Crippen LogP contribution in [0.3, 0.4) is 0 Å². The molecule has 0 aliphatic carbocycles. The Labute approximate surface area is 211 Å². The van der Waals surface area contributed by atoms with E-state index in [9.17, 15) is 0 Å². The van der Waals surface area contributed by atoms with Crippen molar-refractivity contribution >= 4 is 23.3 Å². The van der Waals surface area contributed by atoms with Gasteiger partial charge in [0.1, 0.15) is 23.5 Å². The Hall–Kier alpha value is -4.24. The van der Waals surface area contributed by atoms with Gasteiger partial charge in [-0.3, -0.25) is 9.39 Å². The molecule has 0 fully saturated rings. The number of anilines is 1. The molecule has 9 nitrogen and oxygen atoms in total. The molecule has 0 atom stereocenters. The van der Waals surface area contributed by atoms with E-state index >= 15 is 0 Å². The number of ether oxygens (including phenoxy) is 1. The van der Waals surface area contributed by atoms with Gasteiger partial charge in [0.05, 0.1) is 24.2 Å². The van der Waals surface area contributed by atoms with Crippen LogP contribution in [0.1, 0.15) is 17.5 Å². The van der Waals surface area contributed by atoms with E-state index in [2.05, 4.69) is 56.4 Å². The quantitative estimate of drug-likeness (QED) is 0.247. The number of fused-ring (bicyclic) bond motifs is 1. The highest BCUT2D eigenvalue weighted by atomic mass is 16.5. The summed E-state index contributed by atoms with van der Waals surface area (Å²) in [5.41, 5.74) is 11.2. The highest BCUT2D eigenvalue weighted by Crippen LogP contribution is 2.23. The number of rotatable bonds is 11. The summed E-state index contributed by atoms with van der Waals surface area (Å²) in [7, 11) is 5.85. The second kappa shape index (κ2) is 11.9. The van der Waals surface area contributed by atoms with Gasteiger partial charge in [0.2, 0.25) is 0 Å². The summed E-state index contributed by atoms with van der Waals surface area (Å²) in [4.78, 5) is 19.6. The fraction of sp³-hybridized carbons (Fsp3) is 0.259. The summed E-state index contributed by atoms with van der Waals surface area (Å²) in [6.07, 6.45) is 9.61. The normalized spacial score (nSPS) is 12.1. The third kappa shape index (κ3) is 6.25. The number of hydrogen-bond donors (Lipinski definition) is 2. The lowest BCUT2D eigenvalue weighted by molar-refractivity contribution is 0.281. The van der Waals surface area contributed by atoms with Gasteiger partial charge >= 0.3 is 0 Å². The summed E-state index contributed by atoms with van der Waals surface area (Å²) < 4.78 is 7.88. The van der Waals surface area contributed by atoms with Crippen LogP contribution >= 0.6 is 0 Å². The van der Waals surface area contributed by atoms with E-state index in [0.717, 1.165) is 58.3 Å². The van der Waals surface area contributed by atoms with Crippen molar-refractivity contribution < 1.29 is 4.74 Å². The Balaban J connectivity index is 1.42. The molecule has 36 heavy (non-hydrogen) atoms. The molecule has 4 rings (SSSR count). The van der Waals surface area contributed by atoms with Crippen LogP contribution in [0.2, 0.25) is 0 Å². The molecule has 0 aliphatic rings. The van der Waals surface area contributed by atoms with Crippen molar-refractivity contribution in [3.63, 3.8) is 0 Å². The van der Waals surface area contributed by atoms with Crippen molar-refractivity contribution in [1.29, 1.82) is 0 Å². The molecular weight excluding hydrogens is 452 g/mol. The first-order valence-corrected chi connectivity index (χ1v) is 11.8. The largest absolute Gasteiger partial charge is 0.493 e. The van der Waals surface area contributed by atoms with E-state index in [1.165, 1.54) is 0 Å². The average molecular weight is 485 g/mol. The van der Waals surface area contributed by atoms with E-state index in [0.29, 0.717) is 13.2 Å². The van der Waals surface area contributed by atoms with Crippen molar-refractivity contribution in [2.24, 2.45) is 10.7 Å². The molecular formula is C27H32N8O. The van der Waals surface area contributed by atoms with Crippen LogP contribution in [0.15, 0.2) is 72.4 Å². The lowest BCUT2D eigenvalue weighted by atomic mass is 10.1. The summed E-state index contributed by atoms with van der Waals surface area (Å²) >= 11 is 0. The smallest absolute Gasteiger partial charge is 0.140 e. The molecule has 0 saturated heterocycles. The molecule has 4 aromatic rings. The Morgan fingerprint density at radius 1 is 1.14 bits per heavy atom. The third-order valence-electron chi connectivity index (χ3n) is 5.64. The Morgan fingerprint density at radius 3 is 2.72 bits per heavy atom. The van der Waals surface area contributed by atoms with Crippen LogP contribution in [-0.2, 0) is 6.54 Å². The van der Waals surface area contributed by atoms with E-state index in [1.54, 1.807) is 25.8 Å². The van der Waals surface area contributed by atoms with Crippen molar-refractivity contribution in [3.05, 3.63) is 78.5 Å². The summed E-state index contributed by atoms with van der Waals surface area (Å²) in [6.45, 7) is 2.29. The molecule has 3 aromatic heterocycles. The lowest BCUT2D eigenvalue weighted by Gasteiger charge is -2.11. The van der Waals surface area contributed by atoms with Crippen LogP contribution in [-0.4, -0.2) is 64.8 Å². The van der Waals surface area contributed by atoms with Gasteiger partial charge in [-0.05, 0) is 37.7 Å². The van der Waals surface area contributed by atoms with E-state index in [1.807, 2.05) is 47.1 Å². The first-order chi connectivity index (χ1) is 17.6. The van der Waals surface area contributed by atoms with Gasteiger partial charge in [-0.25, -0.2) is 15.0 Å². The van der Waals surface area contributed by atoms with Gasteiger partial charge < -0.3 is 20.7 Å². The molecule has 3 N–H and O–H groups in total. The summed E-state index contributed by atoms with van der Waals surface area (Å²) in [5, 5.41) is 3.38. The SMILES string of the molecule is CN=C/C(=C\N)c1ccc(CNc2cc(-c3cnc4cc(OCCCN(C)C)ccn34)ncn2)cc1. The Kier molecular flexibility index (Phi) is 8.25. The highest BCUT2D eigenvalue weighted by molar-refractivity contribution is 6.09. The maximum atomic E-state index is 5.88. The maximum Gasteiger partial charge on any atom is 0.140 e. The Bertz CT molecular complexity index is 1340. The number of aromatic nitrogens is 4. The minimum atomic E-state index is 0.627. The molecule has 186 valence electrons. The average Bonchev–Trinajstić information content (AvgIpc) is 3.32. The maximum absolute atomic E-state index is 5.88. The second-order valence-electron chi connectivity index (χ2n) is 8.59. The van der Waals surface area contributed by atoms with Gasteiger partial charge in [-0.2, -0.15) is 0 Å². The number of imidazole rings is 1. The highest BCUT2D eigenvalue weighted by Gasteiger charge is 2.10. The number of nitrogens with one attached hydrogen (secondary N) is 1. The molecule has 0 unspecified atom stereocenters. The Morgan fingerprint density at radius 2 is 1.97 bits per heavy atom. The molecule has 3 heterocycles. The van der Waals surface area contributed by atoms with Gasteiger partial charge in [0, 0.05) is 56.5 Å². The number of hydrogen-bond acceptors (Lipinski definition) is 8. The fourth-order valence-electron chi connectivity index (χ4n) is 3.77. The number of benzene rings is 1. The first-order valence-electron chi connectivity index (χ1n) is 11.8. The number of nitrogens with zero attached hydrogens (tertiary/aromatic N) is 6. The minimum Gasteiger partial charge on any atom is -0.493 e. The number of allylic oxidation sites excluding steroid dienone is 1. The van der Waals surface area contributed by atoms with Crippen molar-refractivity contribution in [2.75, 3.05) is 39.6 Å². The van der Waals surface area contributed by atoms with Crippen LogP contribution in [0, 0.1) is 0 Å². The number of pyridine rings is 1. The van der Waals surface area contributed by atoms with E-state index in [-0.39, 0.29) is 0 Å². The van der Waals surface area contributed by atoms with Gasteiger partial charge in [0.15, 0.2) is 0 Å². The van der Waals surface area contributed by atoms with Crippen molar-refractivity contribution in [3.8, 4) is 17.1 Å². The number of nitrogens with two attached hydrogens (primary N) is 1. The standard InChI is InChI=1S/C27H32N8O/c1-29-17-22(15-28)21-7-5-20(6-8-21)16-30-26-14-24(32-19-33-26)25-18-31-27-13-23(9-11-35(25)27)36-12-4-10-34(2)3/h5-9,11,13-15,17-19H,4,10,12,16,28H2,1-3H3,(H,30,32,33)/b22-15+,29-17?.